The van der Waals surface area contributed by atoms with Gasteiger partial charge in [0.2, 0.25) is 10.0 Å². The van der Waals surface area contributed by atoms with Gasteiger partial charge in [0.05, 0.1) is 5.75 Å². The molecule has 0 aromatic carbocycles. The second-order valence-electron chi connectivity index (χ2n) is 4.71. The van der Waals surface area contributed by atoms with E-state index in [9.17, 15) is 8.42 Å². The number of rotatable bonds is 6. The summed E-state index contributed by atoms with van der Waals surface area (Å²) in [5.41, 5.74) is 5.57. The van der Waals surface area contributed by atoms with Gasteiger partial charge in [-0.05, 0) is 24.8 Å². The van der Waals surface area contributed by atoms with Gasteiger partial charge >= 0.3 is 0 Å². The van der Waals surface area contributed by atoms with Gasteiger partial charge in [0.1, 0.15) is 0 Å². The maximum Gasteiger partial charge on any atom is 0.214 e. The van der Waals surface area contributed by atoms with Crippen LogP contribution in [-0.2, 0) is 10.0 Å². The molecular formula is C11H24N2O2S. The highest BCUT2D eigenvalue weighted by atomic mass is 32.2. The van der Waals surface area contributed by atoms with Crippen LogP contribution < -0.4 is 5.73 Å². The van der Waals surface area contributed by atoms with Gasteiger partial charge in [0.25, 0.3) is 0 Å². The van der Waals surface area contributed by atoms with Gasteiger partial charge in [-0.15, -0.1) is 0 Å². The Hall–Kier alpha value is -0.130. The third-order valence-electron chi connectivity index (χ3n) is 3.58. The van der Waals surface area contributed by atoms with Crippen molar-refractivity contribution in [3.05, 3.63) is 0 Å². The van der Waals surface area contributed by atoms with Crippen LogP contribution in [0.1, 0.15) is 33.1 Å². The smallest absolute Gasteiger partial charge is 0.214 e. The van der Waals surface area contributed by atoms with Gasteiger partial charge in [0, 0.05) is 13.1 Å². The summed E-state index contributed by atoms with van der Waals surface area (Å²) in [4.78, 5) is 0. The predicted molar refractivity (Wildman–Crippen MR) is 66.6 cm³/mol. The minimum atomic E-state index is -3.05. The Kier molecular flexibility index (Phi) is 5.21. The molecule has 1 heterocycles. The van der Waals surface area contributed by atoms with Crippen LogP contribution in [0, 0.1) is 11.8 Å². The lowest BCUT2D eigenvalue weighted by Gasteiger charge is -2.20. The van der Waals surface area contributed by atoms with E-state index in [1.54, 1.807) is 4.31 Å². The fourth-order valence-corrected chi connectivity index (χ4v) is 4.27. The molecule has 1 rings (SSSR count). The average Bonchev–Trinajstić information content (AvgIpc) is 2.75. The largest absolute Gasteiger partial charge is 0.330 e. The second kappa shape index (κ2) is 5.98. The zero-order valence-electron chi connectivity index (χ0n) is 10.4. The van der Waals surface area contributed by atoms with Gasteiger partial charge in [0.15, 0.2) is 0 Å². The lowest BCUT2D eigenvalue weighted by molar-refractivity contribution is 0.441. The number of nitrogens with zero attached hydrogens (tertiary/aromatic N) is 1. The predicted octanol–water partition coefficient (Wildman–Crippen LogP) is 1.03. The lowest BCUT2D eigenvalue weighted by atomic mass is 10.1. The van der Waals surface area contributed by atoms with Crippen molar-refractivity contribution in [2.24, 2.45) is 17.6 Å². The van der Waals surface area contributed by atoms with Gasteiger partial charge < -0.3 is 5.73 Å². The van der Waals surface area contributed by atoms with Gasteiger partial charge in [-0.25, -0.2) is 12.7 Å². The Morgan fingerprint density at radius 3 is 2.44 bits per heavy atom. The van der Waals surface area contributed by atoms with E-state index in [4.69, 9.17) is 5.73 Å². The fourth-order valence-electron chi connectivity index (χ4n) is 2.17. The van der Waals surface area contributed by atoms with Crippen molar-refractivity contribution in [3.63, 3.8) is 0 Å². The van der Waals surface area contributed by atoms with Crippen LogP contribution in [0.15, 0.2) is 0 Å². The molecular weight excluding hydrogens is 224 g/mol. The molecule has 0 aromatic rings. The standard InChI is InChI=1S/C11H24N2O2S/c1-3-10(4-2)9-16(14,15)13-6-5-11(7-12)8-13/h10-11H,3-9,12H2,1-2H3. The van der Waals surface area contributed by atoms with Crippen LogP contribution in [0.2, 0.25) is 0 Å². The fraction of sp³-hybridized carbons (Fsp3) is 1.00. The van der Waals surface area contributed by atoms with Gasteiger partial charge in [-0.2, -0.15) is 0 Å². The molecule has 0 amide bonds. The van der Waals surface area contributed by atoms with E-state index in [1.165, 1.54) is 0 Å². The summed E-state index contributed by atoms with van der Waals surface area (Å²) in [6, 6.07) is 0. The molecule has 2 N–H and O–H groups in total. The number of hydrogen-bond donors (Lipinski definition) is 1. The van der Waals surface area contributed by atoms with E-state index in [0.29, 0.717) is 37.2 Å². The molecule has 1 aliphatic rings. The minimum Gasteiger partial charge on any atom is -0.330 e. The van der Waals surface area contributed by atoms with E-state index < -0.39 is 10.0 Å². The maximum absolute atomic E-state index is 12.1. The Labute approximate surface area is 99.2 Å². The number of nitrogens with two attached hydrogens (primary N) is 1. The highest BCUT2D eigenvalue weighted by molar-refractivity contribution is 7.89. The molecule has 0 aliphatic carbocycles. The van der Waals surface area contributed by atoms with Crippen molar-refractivity contribution in [2.45, 2.75) is 33.1 Å². The lowest BCUT2D eigenvalue weighted by Crippen LogP contribution is -2.34. The zero-order chi connectivity index (χ0) is 12.2. The summed E-state index contributed by atoms with van der Waals surface area (Å²) in [6.07, 6.45) is 2.78. The van der Waals surface area contributed by atoms with Crippen molar-refractivity contribution >= 4 is 10.0 Å². The van der Waals surface area contributed by atoms with E-state index in [0.717, 1.165) is 19.3 Å². The molecule has 5 heteroatoms. The molecule has 96 valence electrons. The molecule has 0 bridgehead atoms. The van der Waals surface area contributed by atoms with E-state index >= 15 is 0 Å². The van der Waals surface area contributed by atoms with Gasteiger partial charge in [-0.1, -0.05) is 26.7 Å². The van der Waals surface area contributed by atoms with Crippen LogP contribution in [0.4, 0.5) is 0 Å². The van der Waals surface area contributed by atoms with Crippen molar-refractivity contribution in [2.75, 3.05) is 25.4 Å². The first-order chi connectivity index (χ1) is 7.53. The summed E-state index contributed by atoms with van der Waals surface area (Å²) in [6.45, 7) is 5.98. The van der Waals surface area contributed by atoms with Crippen LogP contribution in [0.25, 0.3) is 0 Å². The molecule has 0 radical (unpaired) electrons. The van der Waals surface area contributed by atoms with Crippen molar-refractivity contribution in [1.82, 2.24) is 4.31 Å². The van der Waals surface area contributed by atoms with Gasteiger partial charge in [-0.3, -0.25) is 0 Å². The van der Waals surface area contributed by atoms with Crippen LogP contribution in [0.3, 0.4) is 0 Å². The summed E-state index contributed by atoms with van der Waals surface area (Å²) in [5.74, 6) is 0.954. The van der Waals surface area contributed by atoms with Crippen molar-refractivity contribution in [3.8, 4) is 0 Å². The molecule has 1 aliphatic heterocycles. The maximum atomic E-state index is 12.1. The molecule has 0 saturated carbocycles. The molecule has 1 unspecified atom stereocenters. The van der Waals surface area contributed by atoms with Crippen LogP contribution in [0.5, 0.6) is 0 Å². The van der Waals surface area contributed by atoms with E-state index in [1.807, 2.05) is 0 Å². The first kappa shape index (κ1) is 13.9. The van der Waals surface area contributed by atoms with Crippen LogP contribution >= 0.6 is 0 Å². The molecule has 0 spiro atoms. The van der Waals surface area contributed by atoms with E-state index in [2.05, 4.69) is 13.8 Å². The summed E-state index contributed by atoms with van der Waals surface area (Å²) < 4.78 is 25.8. The summed E-state index contributed by atoms with van der Waals surface area (Å²) >= 11 is 0. The molecule has 1 atom stereocenters. The summed E-state index contributed by atoms with van der Waals surface area (Å²) in [5, 5.41) is 0. The molecule has 1 fully saturated rings. The highest BCUT2D eigenvalue weighted by Crippen LogP contribution is 2.21. The zero-order valence-corrected chi connectivity index (χ0v) is 11.2. The second-order valence-corrected chi connectivity index (χ2v) is 6.72. The number of hydrogen-bond acceptors (Lipinski definition) is 3. The number of sulfonamides is 1. The monoisotopic (exact) mass is 248 g/mol. The highest BCUT2D eigenvalue weighted by Gasteiger charge is 2.31. The first-order valence-corrected chi connectivity index (χ1v) is 7.82. The summed E-state index contributed by atoms with van der Waals surface area (Å²) in [7, 11) is -3.05. The molecule has 4 nitrogen and oxygen atoms in total. The Morgan fingerprint density at radius 2 is 2.00 bits per heavy atom. The average molecular weight is 248 g/mol. The van der Waals surface area contributed by atoms with Crippen molar-refractivity contribution < 1.29 is 8.42 Å². The molecule has 16 heavy (non-hydrogen) atoms. The van der Waals surface area contributed by atoms with Crippen molar-refractivity contribution in [1.29, 1.82) is 0 Å². The molecule has 1 saturated heterocycles. The third kappa shape index (κ3) is 3.43. The Morgan fingerprint density at radius 1 is 1.38 bits per heavy atom. The topological polar surface area (TPSA) is 63.4 Å². The third-order valence-corrected chi connectivity index (χ3v) is 5.59. The molecule has 0 aromatic heterocycles. The van der Waals surface area contributed by atoms with Crippen LogP contribution in [-0.4, -0.2) is 38.1 Å². The first-order valence-electron chi connectivity index (χ1n) is 6.21. The van der Waals surface area contributed by atoms with E-state index in [-0.39, 0.29) is 0 Å². The Balaban J connectivity index is 2.58. The minimum absolute atomic E-state index is 0.293. The SMILES string of the molecule is CCC(CC)CS(=O)(=O)N1CCC(CN)C1. The quantitative estimate of drug-likeness (QED) is 0.763. The Bertz CT molecular complexity index is 299. The normalized spacial score (nSPS) is 23.1.